The fourth-order valence-corrected chi connectivity index (χ4v) is 6.60. The Morgan fingerprint density at radius 2 is 0.816 bits per heavy atom. The highest BCUT2D eigenvalue weighted by Crippen LogP contribution is 2.37. The van der Waals surface area contributed by atoms with Gasteiger partial charge in [-0.25, -0.2) is 9.80 Å². The van der Waals surface area contributed by atoms with E-state index in [1.807, 2.05) is 86.6 Å². The molecule has 49 heavy (non-hydrogen) atoms. The molecule has 0 atom stereocenters. The Labute approximate surface area is 282 Å². The number of imide groups is 2. The maximum atomic E-state index is 13.6. The molecule has 6 aromatic carbocycles. The lowest BCUT2D eigenvalue weighted by molar-refractivity contribution is 0.0910. The van der Waals surface area contributed by atoms with Gasteiger partial charge in [-0.1, -0.05) is 72.3 Å². The van der Waals surface area contributed by atoms with Gasteiger partial charge in [-0.3, -0.25) is 19.2 Å². The summed E-state index contributed by atoms with van der Waals surface area (Å²) in [5.74, 6) is -1.45. The predicted molar refractivity (Wildman–Crippen MR) is 192 cm³/mol. The number of nitrogens with zero attached hydrogens (tertiary/aromatic N) is 2. The largest absolute Gasteiger partial charge is 0.399 e. The summed E-state index contributed by atoms with van der Waals surface area (Å²) in [6, 6.07) is 38.8. The van der Waals surface area contributed by atoms with Gasteiger partial charge < -0.3 is 5.73 Å². The first kappa shape index (κ1) is 29.8. The molecule has 6 aromatic rings. The third-order valence-electron chi connectivity index (χ3n) is 9.30. The van der Waals surface area contributed by atoms with E-state index in [4.69, 9.17) is 5.73 Å². The van der Waals surface area contributed by atoms with Crippen LogP contribution in [0.15, 0.2) is 127 Å². The van der Waals surface area contributed by atoms with E-state index < -0.39 is 0 Å². The van der Waals surface area contributed by atoms with Gasteiger partial charge in [0.2, 0.25) is 0 Å². The molecule has 7 nitrogen and oxygen atoms in total. The molecule has 0 radical (unpaired) electrons. The van der Waals surface area contributed by atoms with Gasteiger partial charge in [0.1, 0.15) is 0 Å². The van der Waals surface area contributed by atoms with Gasteiger partial charge in [0.15, 0.2) is 0 Å². The van der Waals surface area contributed by atoms with E-state index in [0.29, 0.717) is 39.3 Å². The number of carbonyl (C=O) groups is 4. The van der Waals surface area contributed by atoms with Crippen molar-refractivity contribution in [2.45, 2.75) is 13.8 Å². The van der Waals surface area contributed by atoms with Crippen LogP contribution in [-0.4, -0.2) is 23.6 Å². The average molecular weight is 640 g/mol. The molecule has 0 aliphatic carbocycles. The van der Waals surface area contributed by atoms with Crippen molar-refractivity contribution in [3.05, 3.63) is 161 Å². The molecule has 8 rings (SSSR count). The molecule has 4 amide bonds. The second-order valence-electron chi connectivity index (χ2n) is 12.4. The number of hydrogen-bond acceptors (Lipinski definition) is 5. The molecule has 0 unspecified atom stereocenters. The normalized spacial score (nSPS) is 13.7. The number of benzene rings is 6. The maximum absolute atomic E-state index is 13.6. The summed E-state index contributed by atoms with van der Waals surface area (Å²) in [6.45, 7) is 3.89. The van der Waals surface area contributed by atoms with Gasteiger partial charge in [-0.05, 0) is 113 Å². The lowest BCUT2D eigenvalue weighted by Gasteiger charge is -2.18. The summed E-state index contributed by atoms with van der Waals surface area (Å²) in [7, 11) is 0. The van der Waals surface area contributed by atoms with Crippen LogP contribution in [0.5, 0.6) is 0 Å². The smallest absolute Gasteiger partial charge is 0.266 e. The van der Waals surface area contributed by atoms with Crippen LogP contribution in [0, 0.1) is 13.8 Å². The molecular weight excluding hydrogens is 610 g/mol. The molecule has 2 N–H and O–H groups in total. The quantitative estimate of drug-likeness (QED) is 0.151. The van der Waals surface area contributed by atoms with E-state index in [-0.39, 0.29) is 23.6 Å². The molecule has 0 spiro atoms. The van der Waals surface area contributed by atoms with Gasteiger partial charge in [-0.2, -0.15) is 0 Å². The number of nitrogen functional groups attached to an aromatic ring is 1. The molecule has 0 saturated heterocycles. The van der Waals surface area contributed by atoms with E-state index in [2.05, 4.69) is 0 Å². The van der Waals surface area contributed by atoms with Gasteiger partial charge in [0.25, 0.3) is 23.6 Å². The van der Waals surface area contributed by atoms with Gasteiger partial charge >= 0.3 is 0 Å². The summed E-state index contributed by atoms with van der Waals surface area (Å²) in [6.07, 6.45) is 0. The third-order valence-corrected chi connectivity index (χ3v) is 9.30. The van der Waals surface area contributed by atoms with Crippen molar-refractivity contribution >= 4 is 40.7 Å². The Morgan fingerprint density at radius 3 is 1.37 bits per heavy atom. The van der Waals surface area contributed by atoms with E-state index in [9.17, 15) is 19.2 Å². The summed E-state index contributed by atoms with van der Waals surface area (Å²) >= 11 is 0. The van der Waals surface area contributed by atoms with Crippen LogP contribution in [0.2, 0.25) is 0 Å². The molecule has 236 valence electrons. The average Bonchev–Trinajstić information content (AvgIpc) is 3.52. The lowest BCUT2D eigenvalue weighted by Crippen LogP contribution is -2.30. The van der Waals surface area contributed by atoms with Crippen LogP contribution < -0.4 is 15.5 Å². The first-order chi connectivity index (χ1) is 23.7. The lowest BCUT2D eigenvalue weighted by atomic mass is 9.99. The first-order valence-corrected chi connectivity index (χ1v) is 15.9. The Balaban J connectivity index is 1.03. The Hall–Kier alpha value is -6.60. The fraction of sp³-hybridized carbons (Fsp3) is 0.0476. The minimum absolute atomic E-state index is 0.350. The number of nitrogens with two attached hydrogens (primary N) is 1. The summed E-state index contributed by atoms with van der Waals surface area (Å²) in [5.41, 5.74) is 16.1. The monoisotopic (exact) mass is 639 g/mol. The zero-order valence-electron chi connectivity index (χ0n) is 26.7. The van der Waals surface area contributed by atoms with Crippen molar-refractivity contribution in [1.29, 1.82) is 0 Å². The Bertz CT molecular complexity index is 2380. The van der Waals surface area contributed by atoms with Crippen molar-refractivity contribution in [3.63, 3.8) is 0 Å². The second-order valence-corrected chi connectivity index (χ2v) is 12.4. The summed E-state index contributed by atoms with van der Waals surface area (Å²) in [4.78, 5) is 56.3. The number of hydrogen-bond donors (Lipinski definition) is 1. The molecule has 2 heterocycles. The number of fused-ring (bicyclic) bond motifs is 2. The highest BCUT2D eigenvalue weighted by Gasteiger charge is 2.38. The number of aryl methyl sites for hydroxylation is 2. The fourth-order valence-electron chi connectivity index (χ4n) is 6.60. The van der Waals surface area contributed by atoms with Crippen LogP contribution in [0.3, 0.4) is 0 Å². The number of amides is 4. The zero-order chi connectivity index (χ0) is 34.0. The zero-order valence-corrected chi connectivity index (χ0v) is 26.7. The molecule has 0 saturated carbocycles. The van der Waals surface area contributed by atoms with Crippen LogP contribution in [-0.2, 0) is 0 Å². The topological polar surface area (TPSA) is 101 Å². The minimum atomic E-state index is -0.378. The minimum Gasteiger partial charge on any atom is -0.399 e. The predicted octanol–water partition coefficient (Wildman–Crippen LogP) is 8.49. The van der Waals surface area contributed by atoms with Gasteiger partial charge in [-0.15, -0.1) is 0 Å². The van der Waals surface area contributed by atoms with Crippen molar-refractivity contribution in [1.82, 2.24) is 0 Å². The number of anilines is 3. The molecule has 0 bridgehead atoms. The molecular formula is C42H29N3O4. The van der Waals surface area contributed by atoms with Crippen LogP contribution in [0.4, 0.5) is 17.1 Å². The van der Waals surface area contributed by atoms with Crippen LogP contribution in [0.25, 0.3) is 33.4 Å². The number of carbonyl (C=O) groups excluding carboxylic acids is 4. The highest BCUT2D eigenvalue weighted by molar-refractivity contribution is 6.35. The van der Waals surface area contributed by atoms with Crippen molar-refractivity contribution in [2.24, 2.45) is 0 Å². The first-order valence-electron chi connectivity index (χ1n) is 15.9. The molecule has 7 heteroatoms. The Kier molecular flexibility index (Phi) is 6.85. The van der Waals surface area contributed by atoms with Crippen LogP contribution in [0.1, 0.15) is 52.6 Å². The molecule has 2 aliphatic heterocycles. The standard InChI is InChI=1S/C42H29N3O4/c1-24-3-5-26(6-4-24)30-12-19-35-37(23-30)42(49)45(40(35)47)38-20-13-29(21-25(38)2)28-9-16-33(17-10-28)44-39(46)34-18-11-31(22-36(34)41(44)48)27-7-14-32(43)15-8-27/h3-23H,43H2,1-2H3. The molecule has 0 aromatic heterocycles. The summed E-state index contributed by atoms with van der Waals surface area (Å²) < 4.78 is 0. The van der Waals surface area contributed by atoms with E-state index in [1.165, 1.54) is 9.80 Å². The van der Waals surface area contributed by atoms with Crippen molar-refractivity contribution in [3.8, 4) is 33.4 Å². The Morgan fingerprint density at radius 1 is 0.408 bits per heavy atom. The third kappa shape index (κ3) is 4.91. The van der Waals surface area contributed by atoms with E-state index in [0.717, 1.165) is 44.5 Å². The highest BCUT2D eigenvalue weighted by atomic mass is 16.2. The number of rotatable bonds is 5. The van der Waals surface area contributed by atoms with E-state index >= 15 is 0 Å². The van der Waals surface area contributed by atoms with E-state index in [1.54, 1.807) is 54.6 Å². The van der Waals surface area contributed by atoms with Crippen LogP contribution >= 0.6 is 0 Å². The van der Waals surface area contributed by atoms with Gasteiger partial charge in [0, 0.05) is 5.69 Å². The molecule has 0 fully saturated rings. The maximum Gasteiger partial charge on any atom is 0.266 e. The second kappa shape index (κ2) is 11.3. The van der Waals surface area contributed by atoms with Gasteiger partial charge in [0.05, 0.1) is 33.6 Å². The SMILES string of the molecule is Cc1ccc(-c2ccc3c(c2)C(=O)N(c2ccc(-c4ccc(N5C(=O)c6ccc(-c7ccc(N)cc7)cc6C5=O)cc4)cc2C)C3=O)cc1. The van der Waals surface area contributed by atoms with Crippen molar-refractivity contribution < 1.29 is 19.2 Å². The molecule has 2 aliphatic rings. The summed E-state index contributed by atoms with van der Waals surface area (Å²) in [5, 5.41) is 0. The van der Waals surface area contributed by atoms with Crippen molar-refractivity contribution in [2.75, 3.05) is 15.5 Å².